The van der Waals surface area contributed by atoms with Gasteiger partial charge in [0.2, 0.25) is 0 Å². The highest BCUT2D eigenvalue weighted by Crippen LogP contribution is 2.18. The fourth-order valence-electron chi connectivity index (χ4n) is 1.49. The molecule has 5 heteroatoms. The zero-order chi connectivity index (χ0) is 12.1. The molecule has 2 unspecified atom stereocenters. The van der Waals surface area contributed by atoms with Gasteiger partial charge in [0, 0.05) is 11.3 Å². The second kappa shape index (κ2) is 5.96. The molecule has 0 saturated carbocycles. The van der Waals surface area contributed by atoms with Gasteiger partial charge in [-0.3, -0.25) is 0 Å². The molecule has 1 heterocycles. The highest BCUT2D eigenvalue weighted by molar-refractivity contribution is 7.99. The van der Waals surface area contributed by atoms with Crippen LogP contribution in [-0.4, -0.2) is 34.2 Å². The van der Waals surface area contributed by atoms with Crippen LogP contribution in [-0.2, 0) is 0 Å². The predicted octanol–water partition coefficient (Wildman–Crippen LogP) is 1.50. The third kappa shape index (κ3) is 3.28. The quantitative estimate of drug-likeness (QED) is 0.728. The molecule has 0 aliphatic carbocycles. The van der Waals surface area contributed by atoms with E-state index in [1.807, 2.05) is 26.2 Å². The normalized spacial score (nSPS) is 14.5. The summed E-state index contributed by atoms with van der Waals surface area (Å²) in [5.74, 6) is 0.828. The Morgan fingerprint density at radius 2 is 2.31 bits per heavy atom. The molecular formula is C11H19N3OS. The third-order valence-electron chi connectivity index (χ3n) is 2.50. The molecule has 4 nitrogen and oxygen atoms in total. The molecule has 0 spiro atoms. The minimum atomic E-state index is 0.156. The topological polar surface area (TPSA) is 71.2 Å². The number of anilines is 2. The number of nitrogens with two attached hydrogens (primary N) is 1. The summed E-state index contributed by atoms with van der Waals surface area (Å²) in [6, 6.07) is 2.05. The number of aryl methyl sites for hydroxylation is 1. The van der Waals surface area contributed by atoms with Crippen LogP contribution < -0.4 is 11.1 Å². The Balaban J connectivity index is 2.72. The highest BCUT2D eigenvalue weighted by atomic mass is 32.2. The van der Waals surface area contributed by atoms with Crippen LogP contribution in [0, 0.1) is 6.92 Å². The molecule has 0 aliphatic rings. The van der Waals surface area contributed by atoms with Crippen LogP contribution in [0.5, 0.6) is 0 Å². The minimum Gasteiger partial charge on any atom is -0.397 e. The van der Waals surface area contributed by atoms with Crippen molar-refractivity contribution in [3.63, 3.8) is 0 Å². The molecule has 0 bridgehead atoms. The van der Waals surface area contributed by atoms with Gasteiger partial charge >= 0.3 is 0 Å². The molecule has 0 fully saturated rings. The first kappa shape index (κ1) is 13.1. The molecule has 0 saturated heterocycles. The number of nitrogen functional groups attached to an aromatic ring is 1. The Morgan fingerprint density at radius 1 is 1.62 bits per heavy atom. The van der Waals surface area contributed by atoms with E-state index in [4.69, 9.17) is 5.73 Å². The van der Waals surface area contributed by atoms with Crippen molar-refractivity contribution >= 4 is 23.3 Å². The van der Waals surface area contributed by atoms with E-state index in [1.54, 1.807) is 18.0 Å². The number of nitrogens with zero attached hydrogens (tertiary/aromatic N) is 1. The van der Waals surface area contributed by atoms with Gasteiger partial charge in [0.25, 0.3) is 0 Å². The maximum atomic E-state index is 9.19. The van der Waals surface area contributed by atoms with Crippen molar-refractivity contribution in [1.82, 2.24) is 4.98 Å². The number of hydrogen-bond acceptors (Lipinski definition) is 5. The third-order valence-corrected chi connectivity index (χ3v) is 3.67. The number of aliphatic hydroxyl groups excluding tert-OH is 1. The number of hydrogen-bond donors (Lipinski definition) is 3. The number of rotatable bonds is 5. The molecule has 1 aromatic heterocycles. The average Bonchev–Trinajstić information content (AvgIpc) is 2.24. The van der Waals surface area contributed by atoms with Crippen LogP contribution in [0.25, 0.3) is 0 Å². The zero-order valence-electron chi connectivity index (χ0n) is 9.90. The smallest absolute Gasteiger partial charge is 0.129 e. The van der Waals surface area contributed by atoms with Crippen LogP contribution in [0.1, 0.15) is 12.5 Å². The predicted molar refractivity (Wildman–Crippen MR) is 70.9 cm³/mol. The van der Waals surface area contributed by atoms with E-state index in [-0.39, 0.29) is 17.9 Å². The monoisotopic (exact) mass is 241 g/mol. The van der Waals surface area contributed by atoms with Gasteiger partial charge in [-0.05, 0) is 31.7 Å². The number of thioether (sulfide) groups is 1. The van der Waals surface area contributed by atoms with Crippen molar-refractivity contribution in [3.05, 3.63) is 17.8 Å². The van der Waals surface area contributed by atoms with Crippen molar-refractivity contribution in [2.24, 2.45) is 0 Å². The summed E-state index contributed by atoms with van der Waals surface area (Å²) in [6.07, 6.45) is 3.62. The minimum absolute atomic E-state index is 0.156. The van der Waals surface area contributed by atoms with Gasteiger partial charge in [0.15, 0.2) is 0 Å². The molecule has 2 atom stereocenters. The van der Waals surface area contributed by atoms with Gasteiger partial charge in [0.1, 0.15) is 5.82 Å². The SMILES string of the molecule is CSC(CO)C(C)Nc1ncc(N)cc1C. The number of aromatic nitrogens is 1. The molecule has 16 heavy (non-hydrogen) atoms. The first-order valence-electron chi connectivity index (χ1n) is 5.20. The molecule has 4 N–H and O–H groups in total. The van der Waals surface area contributed by atoms with Gasteiger partial charge in [-0.25, -0.2) is 4.98 Å². The Labute approximate surface area is 101 Å². The first-order chi connectivity index (χ1) is 7.58. The van der Waals surface area contributed by atoms with Crippen molar-refractivity contribution in [2.45, 2.75) is 25.1 Å². The van der Waals surface area contributed by atoms with Crippen LogP contribution in [0.4, 0.5) is 11.5 Å². The van der Waals surface area contributed by atoms with Crippen molar-refractivity contribution in [1.29, 1.82) is 0 Å². The summed E-state index contributed by atoms with van der Waals surface area (Å²) in [4.78, 5) is 4.24. The Bertz CT molecular complexity index is 342. The van der Waals surface area contributed by atoms with Crippen LogP contribution >= 0.6 is 11.8 Å². The summed E-state index contributed by atoms with van der Waals surface area (Å²) < 4.78 is 0. The van der Waals surface area contributed by atoms with Gasteiger partial charge in [0.05, 0.1) is 18.5 Å². The Hall–Kier alpha value is -0.940. The molecule has 90 valence electrons. The number of aliphatic hydroxyl groups is 1. The summed E-state index contributed by atoms with van der Waals surface area (Å²) in [5.41, 5.74) is 7.32. The van der Waals surface area contributed by atoms with Crippen LogP contribution in [0.3, 0.4) is 0 Å². The second-order valence-electron chi connectivity index (χ2n) is 3.82. The molecule has 0 amide bonds. The van der Waals surface area contributed by atoms with Gasteiger partial charge in [-0.15, -0.1) is 0 Å². The Morgan fingerprint density at radius 3 is 2.81 bits per heavy atom. The summed E-state index contributed by atoms with van der Waals surface area (Å²) in [7, 11) is 0. The van der Waals surface area contributed by atoms with E-state index >= 15 is 0 Å². The average molecular weight is 241 g/mol. The van der Waals surface area contributed by atoms with Crippen molar-refractivity contribution in [2.75, 3.05) is 23.9 Å². The highest BCUT2D eigenvalue weighted by Gasteiger charge is 2.15. The lowest BCUT2D eigenvalue weighted by molar-refractivity contribution is 0.288. The maximum Gasteiger partial charge on any atom is 0.129 e. The number of pyridine rings is 1. The fraction of sp³-hybridized carbons (Fsp3) is 0.545. The number of nitrogens with one attached hydrogen (secondary N) is 1. The lowest BCUT2D eigenvalue weighted by Crippen LogP contribution is -2.31. The first-order valence-corrected chi connectivity index (χ1v) is 6.49. The second-order valence-corrected chi connectivity index (χ2v) is 4.90. The standard InChI is InChI=1S/C11H19N3OS/c1-7-4-9(12)5-13-11(7)14-8(2)10(6-15)16-3/h4-5,8,10,15H,6,12H2,1-3H3,(H,13,14). The molecule has 1 rings (SSSR count). The summed E-state index contributed by atoms with van der Waals surface area (Å²) in [6.45, 7) is 4.16. The van der Waals surface area contributed by atoms with Crippen LogP contribution in [0.15, 0.2) is 12.3 Å². The van der Waals surface area contributed by atoms with E-state index in [0.29, 0.717) is 5.69 Å². The van der Waals surface area contributed by atoms with Gasteiger partial charge < -0.3 is 16.2 Å². The van der Waals surface area contributed by atoms with E-state index in [9.17, 15) is 5.11 Å². The van der Waals surface area contributed by atoms with Crippen molar-refractivity contribution < 1.29 is 5.11 Å². The fourth-order valence-corrected chi connectivity index (χ4v) is 2.12. The lowest BCUT2D eigenvalue weighted by atomic mass is 10.2. The maximum absolute atomic E-state index is 9.19. The van der Waals surface area contributed by atoms with Gasteiger partial charge in [-0.2, -0.15) is 11.8 Å². The van der Waals surface area contributed by atoms with Gasteiger partial charge in [-0.1, -0.05) is 0 Å². The molecule has 0 aromatic carbocycles. The zero-order valence-corrected chi connectivity index (χ0v) is 10.7. The summed E-state index contributed by atoms with van der Waals surface area (Å²) >= 11 is 1.64. The van der Waals surface area contributed by atoms with E-state index in [2.05, 4.69) is 10.3 Å². The van der Waals surface area contributed by atoms with E-state index < -0.39 is 0 Å². The largest absolute Gasteiger partial charge is 0.397 e. The molecular weight excluding hydrogens is 222 g/mol. The van der Waals surface area contributed by atoms with E-state index in [1.165, 1.54) is 0 Å². The lowest BCUT2D eigenvalue weighted by Gasteiger charge is -2.22. The molecule has 1 aromatic rings. The molecule has 0 radical (unpaired) electrons. The summed E-state index contributed by atoms with van der Waals surface area (Å²) in [5, 5.41) is 12.6. The van der Waals surface area contributed by atoms with Crippen LogP contribution in [0.2, 0.25) is 0 Å². The van der Waals surface area contributed by atoms with E-state index in [0.717, 1.165) is 11.4 Å². The van der Waals surface area contributed by atoms with Crippen molar-refractivity contribution in [3.8, 4) is 0 Å². The molecule has 0 aliphatic heterocycles. The Kier molecular flexibility index (Phi) is 4.89.